The van der Waals surface area contributed by atoms with E-state index in [1.807, 2.05) is 0 Å². The summed E-state index contributed by atoms with van der Waals surface area (Å²) in [4.78, 5) is 0. The molecule has 1 nitrogen and oxygen atoms in total. The predicted octanol–water partition coefficient (Wildman–Crippen LogP) is 2.71. The summed E-state index contributed by atoms with van der Waals surface area (Å²) >= 11 is 0. The van der Waals surface area contributed by atoms with Crippen LogP contribution in [-0.4, -0.2) is 12.6 Å². The Morgan fingerprint density at radius 1 is 1.17 bits per heavy atom. The standard InChI is InChI=1S/C11H21N/c1-3-10(5-4-6-10)9-11(12-2)7-8-11/h12H,3-9H2,1-2H3. The molecule has 2 fully saturated rings. The Balaban J connectivity index is 1.92. The van der Waals surface area contributed by atoms with E-state index in [9.17, 15) is 0 Å². The molecular formula is C11H21N. The zero-order valence-corrected chi connectivity index (χ0v) is 8.45. The normalized spacial score (nSPS) is 29.5. The molecule has 0 amide bonds. The van der Waals surface area contributed by atoms with Gasteiger partial charge in [0.2, 0.25) is 0 Å². The van der Waals surface area contributed by atoms with Gasteiger partial charge in [-0.1, -0.05) is 19.8 Å². The second-order valence-electron chi connectivity index (χ2n) is 4.91. The fourth-order valence-electron chi connectivity index (χ4n) is 2.72. The number of hydrogen-bond donors (Lipinski definition) is 1. The number of nitrogens with one attached hydrogen (secondary N) is 1. The Bertz CT molecular complexity index is 160. The van der Waals surface area contributed by atoms with Crippen LogP contribution < -0.4 is 5.32 Å². The quantitative estimate of drug-likeness (QED) is 0.679. The molecule has 1 heteroatoms. The summed E-state index contributed by atoms with van der Waals surface area (Å²) in [7, 11) is 2.13. The molecule has 2 rings (SSSR count). The van der Waals surface area contributed by atoms with Gasteiger partial charge in [0, 0.05) is 5.54 Å². The molecule has 0 atom stereocenters. The topological polar surface area (TPSA) is 12.0 Å². The highest BCUT2D eigenvalue weighted by Crippen LogP contribution is 2.54. The predicted molar refractivity (Wildman–Crippen MR) is 52.2 cm³/mol. The average molecular weight is 167 g/mol. The molecule has 2 aliphatic carbocycles. The first-order chi connectivity index (χ1) is 5.74. The van der Waals surface area contributed by atoms with E-state index in [4.69, 9.17) is 0 Å². The van der Waals surface area contributed by atoms with Crippen LogP contribution in [0.15, 0.2) is 0 Å². The lowest BCUT2D eigenvalue weighted by Crippen LogP contribution is -2.39. The van der Waals surface area contributed by atoms with E-state index in [1.165, 1.54) is 44.9 Å². The van der Waals surface area contributed by atoms with Gasteiger partial charge >= 0.3 is 0 Å². The lowest BCUT2D eigenvalue weighted by molar-refractivity contribution is 0.0925. The second-order valence-corrected chi connectivity index (χ2v) is 4.91. The van der Waals surface area contributed by atoms with Crippen LogP contribution in [0.1, 0.15) is 51.9 Å². The maximum atomic E-state index is 3.51. The second kappa shape index (κ2) is 2.73. The molecule has 2 saturated carbocycles. The Kier molecular flexibility index (Phi) is 1.95. The molecule has 0 unspecified atom stereocenters. The van der Waals surface area contributed by atoms with Crippen LogP contribution in [-0.2, 0) is 0 Å². The Morgan fingerprint density at radius 3 is 2.08 bits per heavy atom. The molecule has 1 N–H and O–H groups in total. The van der Waals surface area contributed by atoms with Gasteiger partial charge in [-0.3, -0.25) is 0 Å². The van der Waals surface area contributed by atoms with Crippen LogP contribution in [0.4, 0.5) is 0 Å². The molecule has 0 aromatic heterocycles. The van der Waals surface area contributed by atoms with Crippen molar-refractivity contribution in [2.75, 3.05) is 7.05 Å². The first-order valence-electron chi connectivity index (χ1n) is 5.43. The summed E-state index contributed by atoms with van der Waals surface area (Å²) in [6.07, 6.45) is 10.2. The van der Waals surface area contributed by atoms with Crippen molar-refractivity contribution >= 4 is 0 Å². The van der Waals surface area contributed by atoms with Gasteiger partial charge in [-0.25, -0.2) is 0 Å². The van der Waals surface area contributed by atoms with Gasteiger partial charge in [0.1, 0.15) is 0 Å². The Hall–Kier alpha value is -0.0400. The number of hydrogen-bond acceptors (Lipinski definition) is 1. The monoisotopic (exact) mass is 167 g/mol. The van der Waals surface area contributed by atoms with Gasteiger partial charge in [-0.2, -0.15) is 0 Å². The van der Waals surface area contributed by atoms with E-state index >= 15 is 0 Å². The largest absolute Gasteiger partial charge is 0.314 e. The van der Waals surface area contributed by atoms with Crippen LogP contribution in [0.3, 0.4) is 0 Å². The maximum absolute atomic E-state index is 3.51. The molecule has 0 aromatic carbocycles. The van der Waals surface area contributed by atoms with Crippen molar-refractivity contribution in [3.05, 3.63) is 0 Å². The van der Waals surface area contributed by atoms with Gasteiger partial charge in [-0.05, 0) is 44.6 Å². The van der Waals surface area contributed by atoms with Crippen molar-refractivity contribution in [3.63, 3.8) is 0 Å². The molecule has 0 radical (unpaired) electrons. The Morgan fingerprint density at radius 2 is 1.83 bits per heavy atom. The lowest BCUT2D eigenvalue weighted by atomic mass is 9.63. The SMILES string of the molecule is CCC1(CC2(NC)CC2)CCC1. The number of rotatable bonds is 4. The summed E-state index contributed by atoms with van der Waals surface area (Å²) in [5, 5.41) is 3.51. The maximum Gasteiger partial charge on any atom is 0.0185 e. The first-order valence-corrected chi connectivity index (χ1v) is 5.43. The summed E-state index contributed by atoms with van der Waals surface area (Å²) in [6, 6.07) is 0. The highest BCUT2D eigenvalue weighted by atomic mass is 15.0. The van der Waals surface area contributed by atoms with Crippen molar-refractivity contribution in [2.24, 2.45) is 5.41 Å². The van der Waals surface area contributed by atoms with Crippen LogP contribution in [0.2, 0.25) is 0 Å². The third-order valence-electron chi connectivity index (χ3n) is 4.26. The first kappa shape index (κ1) is 8.55. The van der Waals surface area contributed by atoms with Crippen molar-refractivity contribution < 1.29 is 0 Å². The summed E-state index contributed by atoms with van der Waals surface area (Å²) < 4.78 is 0. The minimum Gasteiger partial charge on any atom is -0.314 e. The molecule has 0 saturated heterocycles. The minimum atomic E-state index is 0.580. The zero-order chi connectivity index (χ0) is 8.66. The van der Waals surface area contributed by atoms with Crippen molar-refractivity contribution in [1.29, 1.82) is 0 Å². The summed E-state index contributed by atoms with van der Waals surface area (Å²) in [6.45, 7) is 2.37. The molecule has 0 aromatic rings. The summed E-state index contributed by atoms with van der Waals surface area (Å²) in [5.74, 6) is 0. The molecule has 0 spiro atoms. The minimum absolute atomic E-state index is 0.580. The van der Waals surface area contributed by atoms with Crippen LogP contribution in [0, 0.1) is 5.41 Å². The van der Waals surface area contributed by atoms with Gasteiger partial charge in [0.25, 0.3) is 0 Å². The van der Waals surface area contributed by atoms with E-state index in [0.29, 0.717) is 5.54 Å². The molecule has 12 heavy (non-hydrogen) atoms. The van der Waals surface area contributed by atoms with Gasteiger partial charge in [0.15, 0.2) is 0 Å². The van der Waals surface area contributed by atoms with Gasteiger partial charge in [-0.15, -0.1) is 0 Å². The van der Waals surface area contributed by atoms with E-state index in [0.717, 1.165) is 5.41 Å². The van der Waals surface area contributed by atoms with Crippen LogP contribution in [0.25, 0.3) is 0 Å². The highest BCUT2D eigenvalue weighted by Gasteiger charge is 2.49. The molecule has 2 aliphatic rings. The average Bonchev–Trinajstić information content (AvgIpc) is 2.78. The van der Waals surface area contributed by atoms with E-state index in [2.05, 4.69) is 19.3 Å². The van der Waals surface area contributed by atoms with Crippen molar-refractivity contribution in [3.8, 4) is 0 Å². The molecule has 0 heterocycles. The smallest absolute Gasteiger partial charge is 0.0185 e. The zero-order valence-electron chi connectivity index (χ0n) is 8.45. The van der Waals surface area contributed by atoms with Crippen molar-refractivity contribution in [1.82, 2.24) is 5.32 Å². The summed E-state index contributed by atoms with van der Waals surface area (Å²) in [5.41, 5.74) is 1.33. The molecule has 0 bridgehead atoms. The highest BCUT2D eigenvalue weighted by molar-refractivity contribution is 5.06. The fraction of sp³-hybridized carbons (Fsp3) is 1.00. The Labute approximate surface area is 75.9 Å². The van der Waals surface area contributed by atoms with E-state index < -0.39 is 0 Å². The molecule has 0 aliphatic heterocycles. The third-order valence-corrected chi connectivity index (χ3v) is 4.26. The molecular weight excluding hydrogens is 146 g/mol. The fourth-order valence-corrected chi connectivity index (χ4v) is 2.72. The lowest BCUT2D eigenvalue weighted by Gasteiger charge is -2.44. The van der Waals surface area contributed by atoms with Crippen LogP contribution in [0.5, 0.6) is 0 Å². The van der Waals surface area contributed by atoms with E-state index in [1.54, 1.807) is 0 Å². The third kappa shape index (κ3) is 1.28. The van der Waals surface area contributed by atoms with Crippen molar-refractivity contribution in [2.45, 2.75) is 57.4 Å². The van der Waals surface area contributed by atoms with E-state index in [-0.39, 0.29) is 0 Å². The van der Waals surface area contributed by atoms with Gasteiger partial charge in [0.05, 0.1) is 0 Å². The molecule has 70 valence electrons. The van der Waals surface area contributed by atoms with Gasteiger partial charge < -0.3 is 5.32 Å². The van der Waals surface area contributed by atoms with Crippen LogP contribution >= 0.6 is 0 Å².